The van der Waals surface area contributed by atoms with Crippen LogP contribution in [0.5, 0.6) is 0 Å². The second-order valence-corrected chi connectivity index (χ2v) is 7.05. The van der Waals surface area contributed by atoms with Gasteiger partial charge in [-0.25, -0.2) is 9.59 Å². The molecular weight excluding hydrogens is 377 g/mol. The number of hydrogen-bond acceptors (Lipinski definition) is 6. The van der Waals surface area contributed by atoms with Crippen molar-refractivity contribution in [3.8, 4) is 0 Å². The Labute approximate surface area is 137 Å². The summed E-state index contributed by atoms with van der Waals surface area (Å²) < 4.78 is 64.1. The van der Waals surface area contributed by atoms with Gasteiger partial charge in [0.2, 0.25) is 0 Å². The average molecular weight is 386 g/mol. The zero-order valence-electron chi connectivity index (χ0n) is 11.9. The summed E-state index contributed by atoms with van der Waals surface area (Å²) in [5.74, 6) is -4.98. The van der Waals surface area contributed by atoms with Crippen LogP contribution in [0.15, 0.2) is 11.5 Å². The molecular formula is C11H9F3N2O8S. The molecule has 138 valence electrons. The third-order valence-corrected chi connectivity index (χ3v) is 5.25. The lowest BCUT2D eigenvalue weighted by atomic mass is 9.80. The normalized spacial score (nSPS) is 28.6. The average Bonchev–Trinajstić information content (AvgIpc) is 2.77. The van der Waals surface area contributed by atoms with E-state index in [1.165, 1.54) is 0 Å². The third kappa shape index (κ3) is 2.23. The van der Waals surface area contributed by atoms with Crippen LogP contribution in [0.1, 0.15) is 6.42 Å². The van der Waals surface area contributed by atoms with Crippen LogP contribution in [0.2, 0.25) is 0 Å². The van der Waals surface area contributed by atoms with Gasteiger partial charge in [0.15, 0.2) is 11.5 Å². The molecule has 3 rings (SSSR count). The Hall–Kier alpha value is -2.51. The number of carbonyl (C=O) groups is 3. The van der Waals surface area contributed by atoms with Crippen molar-refractivity contribution >= 4 is 28.1 Å². The standard InChI is InChI=1S/C11H9F3N2O8S/c12-11(13,14)25(22,23)24-7-3-1-2-15(10(20)21)5-4(3)16(8(5)17)6(7)9(18)19/h3-5H,1-2H2,(H,18,19)(H,20,21)/t3?,4-,5+/m1/s1. The number of piperidine rings is 1. The highest BCUT2D eigenvalue weighted by atomic mass is 32.2. The maximum absolute atomic E-state index is 12.5. The Morgan fingerprint density at radius 1 is 1.24 bits per heavy atom. The lowest BCUT2D eigenvalue weighted by Crippen LogP contribution is -2.73. The fourth-order valence-electron chi connectivity index (χ4n) is 3.33. The van der Waals surface area contributed by atoms with E-state index in [-0.39, 0.29) is 13.0 Å². The van der Waals surface area contributed by atoms with Crippen molar-refractivity contribution in [2.24, 2.45) is 5.92 Å². The Bertz CT molecular complexity index is 820. The van der Waals surface area contributed by atoms with E-state index in [4.69, 9.17) is 5.11 Å². The van der Waals surface area contributed by atoms with Crippen LogP contribution in [-0.2, 0) is 23.9 Å². The number of aliphatic carboxylic acids is 1. The molecule has 0 aromatic carbocycles. The van der Waals surface area contributed by atoms with Crippen LogP contribution in [0.3, 0.4) is 0 Å². The number of likely N-dealkylation sites (tertiary alicyclic amines) is 1. The first-order valence-electron chi connectivity index (χ1n) is 6.69. The topological polar surface area (TPSA) is 142 Å². The van der Waals surface area contributed by atoms with Gasteiger partial charge in [0.1, 0.15) is 6.04 Å². The maximum atomic E-state index is 12.5. The molecule has 2 saturated heterocycles. The summed E-state index contributed by atoms with van der Waals surface area (Å²) in [5, 5.41) is 18.2. The highest BCUT2D eigenvalue weighted by Gasteiger charge is 2.66. The minimum absolute atomic E-state index is 0.198. The molecule has 0 bridgehead atoms. The Kier molecular flexibility index (Phi) is 3.46. The predicted octanol–water partition coefficient (Wildman–Crippen LogP) is -0.258. The first-order valence-corrected chi connectivity index (χ1v) is 8.10. The fraction of sp³-hybridized carbons (Fsp3) is 0.545. The molecule has 2 amide bonds. The van der Waals surface area contributed by atoms with Crippen molar-refractivity contribution < 1.29 is 50.4 Å². The smallest absolute Gasteiger partial charge is 0.476 e. The molecule has 2 N–H and O–H groups in total. The molecule has 0 radical (unpaired) electrons. The number of carbonyl (C=O) groups excluding carboxylic acids is 1. The first-order chi connectivity index (χ1) is 11.4. The number of carboxylic acids is 1. The van der Waals surface area contributed by atoms with E-state index in [1.807, 2.05) is 0 Å². The lowest BCUT2D eigenvalue weighted by Gasteiger charge is -2.51. The van der Waals surface area contributed by atoms with E-state index in [1.54, 1.807) is 0 Å². The summed E-state index contributed by atoms with van der Waals surface area (Å²) in [6, 6.07) is -2.40. The fourth-order valence-corrected chi connectivity index (χ4v) is 3.86. The second kappa shape index (κ2) is 5.00. The van der Waals surface area contributed by atoms with Crippen molar-refractivity contribution in [3.63, 3.8) is 0 Å². The van der Waals surface area contributed by atoms with Crippen LogP contribution in [0.4, 0.5) is 18.0 Å². The Balaban J connectivity index is 2.03. The number of carboxylic acid groups (broad SMARTS) is 2. The monoisotopic (exact) mass is 386 g/mol. The molecule has 2 fully saturated rings. The van der Waals surface area contributed by atoms with Gasteiger partial charge in [-0.2, -0.15) is 21.6 Å². The molecule has 0 aliphatic carbocycles. The zero-order chi connectivity index (χ0) is 18.9. The van der Waals surface area contributed by atoms with Crippen molar-refractivity contribution in [2.75, 3.05) is 6.54 Å². The van der Waals surface area contributed by atoms with Crippen LogP contribution in [0.25, 0.3) is 0 Å². The van der Waals surface area contributed by atoms with Crippen LogP contribution in [0, 0.1) is 5.92 Å². The maximum Gasteiger partial charge on any atom is 0.534 e. The molecule has 0 aromatic heterocycles. The van der Waals surface area contributed by atoms with Gasteiger partial charge in [0.25, 0.3) is 5.91 Å². The van der Waals surface area contributed by atoms with Crippen molar-refractivity contribution in [1.29, 1.82) is 0 Å². The predicted molar refractivity (Wildman–Crippen MR) is 68.0 cm³/mol. The largest absolute Gasteiger partial charge is 0.534 e. The van der Waals surface area contributed by atoms with Gasteiger partial charge in [-0.15, -0.1) is 0 Å². The summed E-state index contributed by atoms with van der Waals surface area (Å²) in [6.45, 7) is -0.285. The van der Waals surface area contributed by atoms with Crippen LogP contribution < -0.4 is 0 Å². The summed E-state index contributed by atoms with van der Waals surface area (Å²) in [7, 11) is -6.14. The molecule has 1 unspecified atom stereocenters. The quantitative estimate of drug-likeness (QED) is 0.384. The lowest BCUT2D eigenvalue weighted by molar-refractivity contribution is -0.161. The SMILES string of the molecule is O=C(O)C1=C(OS(=O)(=O)C(F)(F)F)C2CCN(C(=O)O)[C@@H]3C(=O)N1[C@H]23. The molecule has 25 heavy (non-hydrogen) atoms. The second-order valence-electron chi connectivity index (χ2n) is 5.52. The number of alkyl halides is 3. The summed E-state index contributed by atoms with van der Waals surface area (Å²) in [5.41, 5.74) is -6.80. The Morgan fingerprint density at radius 3 is 2.32 bits per heavy atom. The van der Waals surface area contributed by atoms with Crippen molar-refractivity contribution in [1.82, 2.24) is 9.80 Å². The van der Waals surface area contributed by atoms with Gasteiger partial charge in [0.05, 0.1) is 6.04 Å². The number of amides is 2. The van der Waals surface area contributed by atoms with E-state index >= 15 is 0 Å². The molecule has 3 atom stereocenters. The summed E-state index contributed by atoms with van der Waals surface area (Å²) in [4.78, 5) is 35.9. The number of nitrogens with zero attached hydrogens (tertiary/aromatic N) is 2. The number of β-lactam (4-membered cyclic amide) rings is 1. The van der Waals surface area contributed by atoms with Crippen molar-refractivity contribution in [3.05, 3.63) is 11.5 Å². The van der Waals surface area contributed by atoms with Crippen LogP contribution in [-0.4, -0.2) is 70.5 Å². The molecule has 3 heterocycles. The highest BCUT2D eigenvalue weighted by Crippen LogP contribution is 2.50. The number of rotatable bonds is 3. The van der Waals surface area contributed by atoms with Gasteiger partial charge in [-0.05, 0) is 6.42 Å². The van der Waals surface area contributed by atoms with Crippen molar-refractivity contribution in [2.45, 2.75) is 24.0 Å². The van der Waals surface area contributed by atoms with E-state index in [0.29, 0.717) is 4.90 Å². The summed E-state index contributed by atoms with van der Waals surface area (Å²) >= 11 is 0. The molecule has 0 aromatic rings. The molecule has 0 saturated carbocycles. The van der Waals surface area contributed by atoms with E-state index < -0.39 is 63.1 Å². The summed E-state index contributed by atoms with van der Waals surface area (Å²) in [6.07, 6.45) is -1.65. The minimum atomic E-state index is -6.14. The molecule has 3 aliphatic heterocycles. The van der Waals surface area contributed by atoms with Crippen LogP contribution >= 0.6 is 0 Å². The Morgan fingerprint density at radius 2 is 1.84 bits per heavy atom. The number of hydrogen-bond donors (Lipinski definition) is 2. The van der Waals surface area contributed by atoms with Gasteiger partial charge in [0, 0.05) is 12.5 Å². The molecule has 3 aliphatic rings. The third-order valence-electron chi connectivity index (χ3n) is 4.28. The zero-order valence-corrected chi connectivity index (χ0v) is 12.7. The van der Waals surface area contributed by atoms with E-state index in [0.717, 1.165) is 4.90 Å². The number of halogens is 3. The van der Waals surface area contributed by atoms with E-state index in [2.05, 4.69) is 4.18 Å². The van der Waals surface area contributed by atoms with Gasteiger partial charge < -0.3 is 14.4 Å². The van der Waals surface area contributed by atoms with Gasteiger partial charge in [-0.3, -0.25) is 14.6 Å². The minimum Gasteiger partial charge on any atom is -0.476 e. The highest BCUT2D eigenvalue weighted by molar-refractivity contribution is 7.87. The molecule has 14 heteroatoms. The van der Waals surface area contributed by atoms with Gasteiger partial charge >= 0.3 is 27.7 Å². The van der Waals surface area contributed by atoms with Gasteiger partial charge in [-0.1, -0.05) is 0 Å². The molecule has 10 nitrogen and oxygen atoms in total. The van der Waals surface area contributed by atoms with E-state index in [9.17, 15) is 41.1 Å². The molecule has 0 spiro atoms. The first kappa shape index (κ1) is 17.3.